The third-order valence-electron chi connectivity index (χ3n) is 2.77. The molecular weight excluding hydrogens is 292 g/mol. The van der Waals surface area contributed by atoms with E-state index < -0.39 is 10.0 Å². The van der Waals surface area contributed by atoms with Crippen molar-refractivity contribution in [2.24, 2.45) is 0 Å². The van der Waals surface area contributed by atoms with Gasteiger partial charge in [-0.2, -0.15) is 4.31 Å². The van der Waals surface area contributed by atoms with E-state index in [9.17, 15) is 8.42 Å². The highest BCUT2D eigenvalue weighted by molar-refractivity contribution is 9.10. The molecule has 1 aliphatic heterocycles. The Labute approximate surface area is 104 Å². The minimum atomic E-state index is -3.17. The summed E-state index contributed by atoms with van der Waals surface area (Å²) in [5.41, 5.74) is 0.976. The molecule has 1 fully saturated rings. The van der Waals surface area contributed by atoms with Gasteiger partial charge in [0.1, 0.15) is 4.66 Å². The normalized spacial score (nSPS) is 22.4. The quantitative estimate of drug-likeness (QED) is 0.802. The molecule has 6 heteroatoms. The third kappa shape index (κ3) is 2.28. The summed E-state index contributed by atoms with van der Waals surface area (Å²) in [6.07, 6.45) is 5.22. The lowest BCUT2D eigenvalue weighted by molar-refractivity contribution is 0.399. The van der Waals surface area contributed by atoms with Gasteiger partial charge in [0.05, 0.1) is 6.04 Å². The molecule has 0 N–H and O–H groups in total. The van der Waals surface area contributed by atoms with Crippen LogP contribution in [0.3, 0.4) is 0 Å². The van der Waals surface area contributed by atoms with Gasteiger partial charge in [0.15, 0.2) is 0 Å². The van der Waals surface area contributed by atoms with Gasteiger partial charge in [-0.25, -0.2) is 8.42 Å². The first-order chi connectivity index (χ1) is 7.65. The van der Waals surface area contributed by atoms with E-state index in [1.54, 1.807) is 16.7 Å². The molecule has 1 unspecified atom stereocenters. The van der Waals surface area contributed by atoms with Crippen LogP contribution in [0.1, 0.15) is 24.4 Å². The summed E-state index contributed by atoms with van der Waals surface area (Å²) in [6.45, 7) is 0.605. The molecule has 0 aliphatic carbocycles. The number of sulfonamides is 1. The molecule has 1 aliphatic rings. The molecule has 1 aromatic heterocycles. The SMILES string of the molecule is O=S(=O)(CBr)N1CCCC1c1cccnc1. The lowest BCUT2D eigenvalue weighted by atomic mass is 10.1. The summed E-state index contributed by atoms with van der Waals surface area (Å²) in [4.78, 5) is 4.04. The molecule has 0 amide bonds. The number of pyridine rings is 1. The van der Waals surface area contributed by atoms with E-state index in [0.717, 1.165) is 18.4 Å². The fraction of sp³-hybridized carbons (Fsp3) is 0.500. The Bertz CT molecular complexity index is 449. The molecule has 0 aromatic carbocycles. The van der Waals surface area contributed by atoms with Crippen molar-refractivity contribution in [3.63, 3.8) is 0 Å². The minimum absolute atomic E-state index is 0.0171. The molecule has 2 rings (SSSR count). The van der Waals surface area contributed by atoms with Gasteiger partial charge in [-0.1, -0.05) is 22.0 Å². The van der Waals surface area contributed by atoms with Crippen LogP contribution >= 0.6 is 15.9 Å². The summed E-state index contributed by atoms with van der Waals surface area (Å²) >= 11 is 3.04. The molecule has 16 heavy (non-hydrogen) atoms. The molecule has 1 atom stereocenters. The lowest BCUT2D eigenvalue weighted by Gasteiger charge is -2.22. The predicted octanol–water partition coefficient (Wildman–Crippen LogP) is 1.90. The largest absolute Gasteiger partial charge is 0.264 e. The third-order valence-corrected chi connectivity index (χ3v) is 5.93. The van der Waals surface area contributed by atoms with Gasteiger partial charge in [-0.05, 0) is 24.5 Å². The monoisotopic (exact) mass is 304 g/mol. The molecule has 0 radical (unpaired) electrons. The summed E-state index contributed by atoms with van der Waals surface area (Å²) in [6, 6.07) is 3.73. The highest BCUT2D eigenvalue weighted by Crippen LogP contribution is 2.34. The van der Waals surface area contributed by atoms with E-state index in [-0.39, 0.29) is 10.7 Å². The minimum Gasteiger partial charge on any atom is -0.264 e. The topological polar surface area (TPSA) is 50.3 Å². The van der Waals surface area contributed by atoms with E-state index >= 15 is 0 Å². The summed E-state index contributed by atoms with van der Waals surface area (Å²) in [5.74, 6) is 0. The first-order valence-electron chi connectivity index (χ1n) is 5.10. The van der Waals surface area contributed by atoms with Crippen LogP contribution in [0.5, 0.6) is 0 Å². The molecular formula is C10H13BrN2O2S. The van der Waals surface area contributed by atoms with Gasteiger partial charge in [0, 0.05) is 18.9 Å². The molecule has 88 valence electrons. The van der Waals surface area contributed by atoms with Crippen LogP contribution in [0.2, 0.25) is 0 Å². The number of alkyl halides is 1. The van der Waals surface area contributed by atoms with Crippen molar-refractivity contribution in [2.45, 2.75) is 18.9 Å². The van der Waals surface area contributed by atoms with Gasteiger partial charge in [-0.3, -0.25) is 4.98 Å². The average molecular weight is 305 g/mol. The van der Waals surface area contributed by atoms with Crippen molar-refractivity contribution in [3.8, 4) is 0 Å². The zero-order valence-corrected chi connectivity index (χ0v) is 11.1. The standard InChI is InChI=1S/C10H13BrN2O2S/c11-8-16(14,15)13-6-2-4-10(13)9-3-1-5-12-7-9/h1,3,5,7,10H,2,4,6,8H2. The molecule has 2 heterocycles. The number of hydrogen-bond acceptors (Lipinski definition) is 3. The Kier molecular flexibility index (Phi) is 3.61. The van der Waals surface area contributed by atoms with Crippen LogP contribution in [0, 0.1) is 0 Å². The van der Waals surface area contributed by atoms with Crippen LogP contribution < -0.4 is 0 Å². The molecule has 0 spiro atoms. The van der Waals surface area contributed by atoms with Gasteiger partial charge >= 0.3 is 0 Å². The number of halogens is 1. The number of nitrogens with zero attached hydrogens (tertiary/aromatic N) is 2. The number of rotatable bonds is 3. The van der Waals surface area contributed by atoms with Crippen LogP contribution in [0.4, 0.5) is 0 Å². The second-order valence-electron chi connectivity index (χ2n) is 3.78. The van der Waals surface area contributed by atoms with Crippen molar-refractivity contribution in [1.29, 1.82) is 0 Å². The smallest absolute Gasteiger partial charge is 0.224 e. The zero-order chi connectivity index (χ0) is 11.6. The van der Waals surface area contributed by atoms with Crippen molar-refractivity contribution in [3.05, 3.63) is 30.1 Å². The number of hydrogen-bond donors (Lipinski definition) is 0. The van der Waals surface area contributed by atoms with Crippen LogP contribution in [-0.4, -0.2) is 28.9 Å². The summed E-state index contributed by atoms with van der Waals surface area (Å²) in [5, 5.41) is 0. The number of aromatic nitrogens is 1. The van der Waals surface area contributed by atoms with Crippen LogP contribution in [0.15, 0.2) is 24.5 Å². The average Bonchev–Trinajstić information content (AvgIpc) is 2.80. The predicted molar refractivity (Wildman–Crippen MR) is 65.6 cm³/mol. The molecule has 1 aromatic rings. The Hall–Kier alpha value is -0.460. The second kappa shape index (κ2) is 4.81. The van der Waals surface area contributed by atoms with Crippen molar-refractivity contribution in [1.82, 2.24) is 9.29 Å². The highest BCUT2D eigenvalue weighted by atomic mass is 79.9. The van der Waals surface area contributed by atoms with Gasteiger partial charge < -0.3 is 0 Å². The highest BCUT2D eigenvalue weighted by Gasteiger charge is 2.34. The zero-order valence-electron chi connectivity index (χ0n) is 8.71. The summed E-state index contributed by atoms with van der Waals surface area (Å²) < 4.78 is 25.2. The van der Waals surface area contributed by atoms with Gasteiger partial charge in [-0.15, -0.1) is 0 Å². The van der Waals surface area contributed by atoms with Gasteiger partial charge in [0.2, 0.25) is 10.0 Å². The lowest BCUT2D eigenvalue weighted by Crippen LogP contribution is -2.31. The first kappa shape index (κ1) is 12.0. The maximum Gasteiger partial charge on any atom is 0.224 e. The molecule has 4 nitrogen and oxygen atoms in total. The van der Waals surface area contributed by atoms with E-state index in [1.165, 1.54) is 0 Å². The Morgan fingerprint density at radius 2 is 2.38 bits per heavy atom. The fourth-order valence-corrected chi connectivity index (χ4v) is 3.98. The van der Waals surface area contributed by atoms with Crippen molar-refractivity contribution in [2.75, 3.05) is 11.2 Å². The molecule has 1 saturated heterocycles. The van der Waals surface area contributed by atoms with E-state index in [4.69, 9.17) is 0 Å². The van der Waals surface area contributed by atoms with Crippen LogP contribution in [0.25, 0.3) is 0 Å². The summed E-state index contributed by atoms with van der Waals surface area (Å²) in [7, 11) is -3.17. The fourth-order valence-electron chi connectivity index (χ4n) is 2.04. The van der Waals surface area contributed by atoms with Crippen LogP contribution in [-0.2, 0) is 10.0 Å². The first-order valence-corrected chi connectivity index (χ1v) is 7.83. The Balaban J connectivity index is 2.29. The molecule has 0 bridgehead atoms. The maximum absolute atomic E-state index is 11.8. The Morgan fingerprint density at radius 3 is 3.00 bits per heavy atom. The maximum atomic E-state index is 11.8. The second-order valence-corrected chi connectivity index (χ2v) is 7.00. The van der Waals surface area contributed by atoms with Crippen molar-refractivity contribution >= 4 is 26.0 Å². The van der Waals surface area contributed by atoms with E-state index in [2.05, 4.69) is 20.9 Å². The Morgan fingerprint density at radius 1 is 1.56 bits per heavy atom. The molecule has 0 saturated carbocycles. The van der Waals surface area contributed by atoms with E-state index in [0.29, 0.717) is 6.54 Å². The van der Waals surface area contributed by atoms with E-state index in [1.807, 2.05) is 12.1 Å². The van der Waals surface area contributed by atoms with Gasteiger partial charge in [0.25, 0.3) is 0 Å². The van der Waals surface area contributed by atoms with Crippen molar-refractivity contribution < 1.29 is 8.42 Å².